The van der Waals surface area contributed by atoms with Crippen LogP contribution in [0.25, 0.3) is 0 Å². The van der Waals surface area contributed by atoms with Crippen LogP contribution in [0.1, 0.15) is 51.9 Å². The number of hydrogen-bond acceptors (Lipinski definition) is 1. The Morgan fingerprint density at radius 1 is 1.00 bits per heavy atom. The van der Waals surface area contributed by atoms with Gasteiger partial charge >= 0.3 is 0 Å². The van der Waals surface area contributed by atoms with Crippen LogP contribution in [-0.4, -0.2) is 12.6 Å². The van der Waals surface area contributed by atoms with Gasteiger partial charge < -0.3 is 5.32 Å². The Morgan fingerprint density at radius 2 is 1.77 bits per heavy atom. The van der Waals surface area contributed by atoms with Gasteiger partial charge in [-0.15, -0.1) is 0 Å². The van der Waals surface area contributed by atoms with Crippen molar-refractivity contribution in [2.24, 2.45) is 11.8 Å². The lowest BCUT2D eigenvalue weighted by atomic mass is 9.80. The quantitative estimate of drug-likeness (QED) is 0.706. The second kappa shape index (κ2) is 4.45. The van der Waals surface area contributed by atoms with Gasteiger partial charge in [-0.05, 0) is 44.1 Å². The molecule has 0 spiro atoms. The van der Waals surface area contributed by atoms with Crippen molar-refractivity contribution in [3.8, 4) is 0 Å². The maximum absolute atomic E-state index is 3.74. The second-order valence-electron chi connectivity index (χ2n) is 5.07. The first-order chi connectivity index (χ1) is 6.36. The lowest BCUT2D eigenvalue weighted by Gasteiger charge is -2.36. The van der Waals surface area contributed by atoms with E-state index in [1.165, 1.54) is 51.5 Å². The molecule has 0 radical (unpaired) electrons. The fourth-order valence-corrected chi connectivity index (χ4v) is 2.68. The van der Waals surface area contributed by atoms with Gasteiger partial charge in [-0.25, -0.2) is 0 Å². The van der Waals surface area contributed by atoms with Crippen molar-refractivity contribution in [3.05, 3.63) is 0 Å². The maximum atomic E-state index is 3.74. The van der Waals surface area contributed by atoms with Gasteiger partial charge in [-0.1, -0.05) is 26.2 Å². The first-order valence-corrected chi connectivity index (χ1v) is 6.09. The van der Waals surface area contributed by atoms with Gasteiger partial charge in [0.15, 0.2) is 0 Å². The Morgan fingerprint density at radius 3 is 2.31 bits per heavy atom. The molecular weight excluding hydrogens is 158 g/mol. The Bertz CT molecular complexity index is 149. The summed E-state index contributed by atoms with van der Waals surface area (Å²) >= 11 is 0. The van der Waals surface area contributed by atoms with Crippen molar-refractivity contribution in [2.75, 3.05) is 6.54 Å². The first-order valence-electron chi connectivity index (χ1n) is 6.09. The fraction of sp³-hybridized carbons (Fsp3) is 1.00. The summed E-state index contributed by atoms with van der Waals surface area (Å²) in [7, 11) is 0. The molecule has 1 heteroatoms. The van der Waals surface area contributed by atoms with Crippen LogP contribution < -0.4 is 5.32 Å². The summed E-state index contributed by atoms with van der Waals surface area (Å²) in [4.78, 5) is 0. The van der Waals surface area contributed by atoms with Gasteiger partial charge in [-0.3, -0.25) is 0 Å². The van der Waals surface area contributed by atoms with E-state index in [0.717, 1.165) is 17.9 Å². The third kappa shape index (κ3) is 2.46. The molecule has 1 nitrogen and oxygen atoms in total. The number of nitrogens with one attached hydrogen (secondary N) is 1. The first kappa shape index (κ1) is 9.51. The summed E-state index contributed by atoms with van der Waals surface area (Å²) in [5.74, 6) is 1.95. The largest absolute Gasteiger partial charge is 0.313 e. The van der Waals surface area contributed by atoms with Crippen LogP contribution in [-0.2, 0) is 0 Å². The molecule has 76 valence electrons. The molecular formula is C12H23N. The summed E-state index contributed by atoms with van der Waals surface area (Å²) < 4.78 is 0. The Hall–Kier alpha value is -0.0400. The molecule has 2 rings (SSSR count). The van der Waals surface area contributed by atoms with Crippen molar-refractivity contribution in [3.63, 3.8) is 0 Å². The van der Waals surface area contributed by atoms with Crippen LogP contribution in [0.2, 0.25) is 0 Å². The Labute approximate surface area is 82.3 Å². The standard InChI is InChI=1S/C12H23N/c1-10-7-8-12(10)13-9-11-5-3-2-4-6-11/h10-13H,2-9H2,1H3. The van der Waals surface area contributed by atoms with Crippen LogP contribution in [0.15, 0.2) is 0 Å². The zero-order valence-electron chi connectivity index (χ0n) is 8.89. The molecule has 13 heavy (non-hydrogen) atoms. The molecule has 1 N–H and O–H groups in total. The molecule has 0 aromatic heterocycles. The minimum Gasteiger partial charge on any atom is -0.313 e. The number of hydrogen-bond donors (Lipinski definition) is 1. The maximum Gasteiger partial charge on any atom is 0.00929 e. The monoisotopic (exact) mass is 181 g/mol. The van der Waals surface area contributed by atoms with Crippen molar-refractivity contribution >= 4 is 0 Å². The minimum absolute atomic E-state index is 0.863. The molecule has 2 saturated carbocycles. The van der Waals surface area contributed by atoms with Crippen molar-refractivity contribution in [1.82, 2.24) is 5.32 Å². The van der Waals surface area contributed by atoms with Crippen LogP contribution in [0.5, 0.6) is 0 Å². The zero-order valence-corrected chi connectivity index (χ0v) is 8.89. The van der Waals surface area contributed by atoms with Gasteiger partial charge in [0.05, 0.1) is 0 Å². The van der Waals surface area contributed by atoms with Crippen molar-refractivity contribution < 1.29 is 0 Å². The van der Waals surface area contributed by atoms with Gasteiger partial charge in [0.1, 0.15) is 0 Å². The highest BCUT2D eigenvalue weighted by atomic mass is 14.9. The van der Waals surface area contributed by atoms with E-state index in [0.29, 0.717) is 0 Å². The van der Waals surface area contributed by atoms with Gasteiger partial charge in [-0.2, -0.15) is 0 Å². The summed E-state index contributed by atoms with van der Waals surface area (Å²) in [6, 6.07) is 0.863. The SMILES string of the molecule is CC1CCC1NCC1CCCCC1. The predicted octanol–water partition coefficient (Wildman–Crippen LogP) is 2.95. The van der Waals surface area contributed by atoms with E-state index >= 15 is 0 Å². The average molecular weight is 181 g/mol. The molecule has 0 saturated heterocycles. The molecule has 2 aliphatic carbocycles. The molecule has 2 fully saturated rings. The van der Waals surface area contributed by atoms with Gasteiger partial charge in [0.25, 0.3) is 0 Å². The van der Waals surface area contributed by atoms with Crippen LogP contribution >= 0.6 is 0 Å². The topological polar surface area (TPSA) is 12.0 Å². The smallest absolute Gasteiger partial charge is 0.00929 e. The van der Waals surface area contributed by atoms with E-state index in [1.54, 1.807) is 0 Å². The van der Waals surface area contributed by atoms with E-state index in [9.17, 15) is 0 Å². The van der Waals surface area contributed by atoms with Gasteiger partial charge in [0, 0.05) is 6.04 Å². The highest BCUT2D eigenvalue weighted by Crippen LogP contribution is 2.28. The van der Waals surface area contributed by atoms with E-state index < -0.39 is 0 Å². The summed E-state index contributed by atoms with van der Waals surface area (Å²) in [6.45, 7) is 3.68. The minimum atomic E-state index is 0.863. The van der Waals surface area contributed by atoms with Crippen molar-refractivity contribution in [1.29, 1.82) is 0 Å². The van der Waals surface area contributed by atoms with E-state index in [4.69, 9.17) is 0 Å². The molecule has 0 aromatic rings. The van der Waals surface area contributed by atoms with Crippen molar-refractivity contribution in [2.45, 2.75) is 57.9 Å². The summed E-state index contributed by atoms with van der Waals surface area (Å²) in [6.07, 6.45) is 10.3. The molecule has 0 amide bonds. The molecule has 2 atom stereocenters. The lowest BCUT2D eigenvalue weighted by Crippen LogP contribution is -2.44. The van der Waals surface area contributed by atoms with E-state index in [1.807, 2.05) is 0 Å². The summed E-state index contributed by atoms with van der Waals surface area (Å²) in [5.41, 5.74) is 0. The van der Waals surface area contributed by atoms with Gasteiger partial charge in [0.2, 0.25) is 0 Å². The Kier molecular flexibility index (Phi) is 3.26. The average Bonchev–Trinajstić information content (AvgIpc) is 2.17. The third-order valence-corrected chi connectivity index (χ3v) is 4.01. The van der Waals surface area contributed by atoms with E-state index in [2.05, 4.69) is 12.2 Å². The predicted molar refractivity (Wildman–Crippen MR) is 56.8 cm³/mol. The zero-order chi connectivity index (χ0) is 9.10. The normalized spacial score (nSPS) is 35.8. The Balaban J connectivity index is 1.61. The highest BCUT2D eigenvalue weighted by molar-refractivity contribution is 4.84. The molecule has 0 aromatic carbocycles. The van der Waals surface area contributed by atoms with Crippen LogP contribution in [0.4, 0.5) is 0 Å². The molecule has 2 unspecified atom stereocenters. The third-order valence-electron chi connectivity index (χ3n) is 4.01. The molecule has 2 aliphatic rings. The highest BCUT2D eigenvalue weighted by Gasteiger charge is 2.26. The fourth-order valence-electron chi connectivity index (χ4n) is 2.68. The molecule has 0 bridgehead atoms. The number of rotatable bonds is 3. The van der Waals surface area contributed by atoms with E-state index in [-0.39, 0.29) is 0 Å². The summed E-state index contributed by atoms with van der Waals surface area (Å²) in [5, 5.41) is 3.74. The van der Waals surface area contributed by atoms with Crippen LogP contribution in [0, 0.1) is 11.8 Å². The molecule has 0 aliphatic heterocycles. The van der Waals surface area contributed by atoms with Crippen LogP contribution in [0.3, 0.4) is 0 Å². The second-order valence-corrected chi connectivity index (χ2v) is 5.07. The molecule has 0 heterocycles. The lowest BCUT2D eigenvalue weighted by molar-refractivity contribution is 0.209.